The van der Waals surface area contributed by atoms with E-state index in [1.54, 1.807) is 24.5 Å². The SMILES string of the molecule is Clc1ccc(COc2cncnc2)c(Cl)c1. The average molecular weight is 255 g/mol. The largest absolute Gasteiger partial charge is 0.486 e. The van der Waals surface area contributed by atoms with Gasteiger partial charge in [0.25, 0.3) is 0 Å². The predicted octanol–water partition coefficient (Wildman–Crippen LogP) is 3.36. The van der Waals surface area contributed by atoms with Crippen molar-refractivity contribution in [3.05, 3.63) is 52.5 Å². The summed E-state index contributed by atoms with van der Waals surface area (Å²) in [5.74, 6) is 0.605. The predicted molar refractivity (Wildman–Crippen MR) is 62.8 cm³/mol. The second-order valence-electron chi connectivity index (χ2n) is 3.10. The standard InChI is InChI=1S/C11H8Cl2N2O/c12-9-2-1-8(11(13)3-9)6-16-10-4-14-7-15-5-10/h1-5,7H,6H2. The summed E-state index contributed by atoms with van der Waals surface area (Å²) >= 11 is 11.8. The zero-order valence-electron chi connectivity index (χ0n) is 8.23. The maximum atomic E-state index is 6.00. The van der Waals surface area contributed by atoms with E-state index in [0.29, 0.717) is 22.4 Å². The number of hydrogen-bond donors (Lipinski definition) is 0. The third-order valence-electron chi connectivity index (χ3n) is 1.95. The van der Waals surface area contributed by atoms with Crippen LogP contribution in [0.1, 0.15) is 5.56 Å². The van der Waals surface area contributed by atoms with Crippen LogP contribution in [0.2, 0.25) is 10.0 Å². The van der Waals surface area contributed by atoms with Gasteiger partial charge in [0.2, 0.25) is 0 Å². The maximum absolute atomic E-state index is 6.00. The Morgan fingerprint density at radius 2 is 1.88 bits per heavy atom. The molecule has 5 heteroatoms. The topological polar surface area (TPSA) is 35.0 Å². The van der Waals surface area contributed by atoms with Gasteiger partial charge in [0.15, 0.2) is 5.75 Å². The number of ether oxygens (including phenoxy) is 1. The first-order chi connectivity index (χ1) is 7.75. The molecule has 0 amide bonds. The molecule has 0 fully saturated rings. The van der Waals surface area contributed by atoms with Gasteiger partial charge >= 0.3 is 0 Å². The van der Waals surface area contributed by atoms with Gasteiger partial charge in [0, 0.05) is 15.6 Å². The molecule has 0 spiro atoms. The molecule has 0 N–H and O–H groups in total. The van der Waals surface area contributed by atoms with Crippen LogP contribution in [-0.2, 0) is 6.61 Å². The van der Waals surface area contributed by atoms with Gasteiger partial charge in [-0.1, -0.05) is 29.3 Å². The van der Waals surface area contributed by atoms with Crippen molar-refractivity contribution in [2.45, 2.75) is 6.61 Å². The lowest BCUT2D eigenvalue weighted by molar-refractivity contribution is 0.303. The van der Waals surface area contributed by atoms with Crippen molar-refractivity contribution in [3.63, 3.8) is 0 Å². The quantitative estimate of drug-likeness (QED) is 0.843. The van der Waals surface area contributed by atoms with Gasteiger partial charge in [-0.25, -0.2) is 9.97 Å². The van der Waals surface area contributed by atoms with Crippen LogP contribution in [-0.4, -0.2) is 9.97 Å². The lowest BCUT2D eigenvalue weighted by Crippen LogP contribution is -1.96. The Hall–Kier alpha value is -1.32. The molecule has 0 bridgehead atoms. The average Bonchev–Trinajstić information content (AvgIpc) is 2.29. The van der Waals surface area contributed by atoms with E-state index in [2.05, 4.69) is 9.97 Å². The molecule has 0 aliphatic carbocycles. The summed E-state index contributed by atoms with van der Waals surface area (Å²) in [7, 11) is 0. The van der Waals surface area contributed by atoms with Crippen molar-refractivity contribution in [1.29, 1.82) is 0 Å². The Labute approximate surface area is 103 Å². The number of benzene rings is 1. The lowest BCUT2D eigenvalue weighted by atomic mass is 10.2. The lowest BCUT2D eigenvalue weighted by Gasteiger charge is -2.06. The van der Waals surface area contributed by atoms with E-state index in [-0.39, 0.29) is 0 Å². The molecule has 0 atom stereocenters. The van der Waals surface area contributed by atoms with E-state index in [4.69, 9.17) is 27.9 Å². The van der Waals surface area contributed by atoms with Crippen molar-refractivity contribution < 1.29 is 4.74 Å². The van der Waals surface area contributed by atoms with E-state index in [0.717, 1.165) is 5.56 Å². The minimum atomic E-state index is 0.364. The molecule has 1 heterocycles. The number of nitrogens with zero attached hydrogens (tertiary/aromatic N) is 2. The highest BCUT2D eigenvalue weighted by molar-refractivity contribution is 6.35. The van der Waals surface area contributed by atoms with E-state index < -0.39 is 0 Å². The first kappa shape index (κ1) is 11.2. The fourth-order valence-electron chi connectivity index (χ4n) is 1.16. The third kappa shape index (κ3) is 2.84. The van der Waals surface area contributed by atoms with Gasteiger partial charge in [0.1, 0.15) is 12.9 Å². The molecular weight excluding hydrogens is 247 g/mol. The van der Waals surface area contributed by atoms with Gasteiger partial charge in [0.05, 0.1) is 12.4 Å². The van der Waals surface area contributed by atoms with E-state index in [1.165, 1.54) is 6.33 Å². The summed E-state index contributed by atoms with van der Waals surface area (Å²) in [6.45, 7) is 0.364. The van der Waals surface area contributed by atoms with Gasteiger partial charge in [-0.05, 0) is 12.1 Å². The smallest absolute Gasteiger partial charge is 0.156 e. The number of hydrogen-bond acceptors (Lipinski definition) is 3. The second-order valence-corrected chi connectivity index (χ2v) is 3.94. The molecule has 0 saturated heterocycles. The van der Waals surface area contributed by atoms with Crippen LogP contribution in [0.5, 0.6) is 5.75 Å². The maximum Gasteiger partial charge on any atom is 0.156 e. The first-order valence-corrected chi connectivity index (χ1v) is 5.33. The Morgan fingerprint density at radius 1 is 1.12 bits per heavy atom. The van der Waals surface area contributed by atoms with Crippen LogP contribution < -0.4 is 4.74 Å². The second kappa shape index (κ2) is 5.14. The Balaban J connectivity index is 2.05. The van der Waals surface area contributed by atoms with Crippen LogP contribution in [0.25, 0.3) is 0 Å². The van der Waals surface area contributed by atoms with Crippen molar-refractivity contribution in [2.75, 3.05) is 0 Å². The summed E-state index contributed by atoms with van der Waals surface area (Å²) in [5, 5.41) is 1.20. The fraction of sp³-hybridized carbons (Fsp3) is 0.0909. The fourth-order valence-corrected chi connectivity index (χ4v) is 1.62. The summed E-state index contributed by atoms with van der Waals surface area (Å²) in [6, 6.07) is 5.28. The van der Waals surface area contributed by atoms with Crippen LogP contribution in [0.4, 0.5) is 0 Å². The summed E-state index contributed by atoms with van der Waals surface area (Å²) < 4.78 is 5.46. The summed E-state index contributed by atoms with van der Waals surface area (Å²) in [5.41, 5.74) is 0.870. The zero-order chi connectivity index (χ0) is 11.4. The minimum Gasteiger partial charge on any atom is -0.486 e. The molecule has 0 saturated carbocycles. The molecule has 1 aromatic heterocycles. The molecule has 0 radical (unpaired) electrons. The van der Waals surface area contributed by atoms with Crippen LogP contribution >= 0.6 is 23.2 Å². The Kier molecular flexibility index (Phi) is 3.59. The molecule has 0 aliphatic rings. The van der Waals surface area contributed by atoms with Crippen LogP contribution in [0.3, 0.4) is 0 Å². The molecule has 1 aromatic carbocycles. The highest BCUT2D eigenvalue weighted by atomic mass is 35.5. The molecule has 2 rings (SSSR count). The highest BCUT2D eigenvalue weighted by Crippen LogP contribution is 2.22. The van der Waals surface area contributed by atoms with Gasteiger partial charge < -0.3 is 4.74 Å². The van der Waals surface area contributed by atoms with E-state index in [1.807, 2.05) is 6.07 Å². The van der Waals surface area contributed by atoms with Crippen LogP contribution in [0, 0.1) is 0 Å². The Morgan fingerprint density at radius 3 is 2.56 bits per heavy atom. The Bertz CT molecular complexity index is 477. The van der Waals surface area contributed by atoms with Crippen molar-refractivity contribution in [2.24, 2.45) is 0 Å². The number of rotatable bonds is 3. The number of halogens is 2. The molecule has 82 valence electrons. The van der Waals surface area contributed by atoms with Crippen LogP contribution in [0.15, 0.2) is 36.9 Å². The van der Waals surface area contributed by atoms with Crippen molar-refractivity contribution >= 4 is 23.2 Å². The zero-order valence-corrected chi connectivity index (χ0v) is 9.74. The summed E-state index contributed by atoms with van der Waals surface area (Å²) in [6.07, 6.45) is 4.63. The normalized spacial score (nSPS) is 10.1. The molecule has 16 heavy (non-hydrogen) atoms. The molecule has 0 aliphatic heterocycles. The monoisotopic (exact) mass is 254 g/mol. The van der Waals surface area contributed by atoms with Gasteiger partial charge in [-0.2, -0.15) is 0 Å². The van der Waals surface area contributed by atoms with Crippen molar-refractivity contribution in [1.82, 2.24) is 9.97 Å². The van der Waals surface area contributed by atoms with E-state index >= 15 is 0 Å². The molecule has 3 nitrogen and oxygen atoms in total. The van der Waals surface area contributed by atoms with Gasteiger partial charge in [-0.3, -0.25) is 0 Å². The minimum absolute atomic E-state index is 0.364. The molecular formula is C11H8Cl2N2O. The molecule has 2 aromatic rings. The number of aromatic nitrogens is 2. The third-order valence-corrected chi connectivity index (χ3v) is 2.53. The van der Waals surface area contributed by atoms with Gasteiger partial charge in [-0.15, -0.1) is 0 Å². The van der Waals surface area contributed by atoms with Crippen molar-refractivity contribution in [3.8, 4) is 5.75 Å². The van der Waals surface area contributed by atoms with E-state index in [9.17, 15) is 0 Å². The molecule has 0 unspecified atom stereocenters. The summed E-state index contributed by atoms with van der Waals surface area (Å²) in [4.78, 5) is 7.69. The first-order valence-electron chi connectivity index (χ1n) is 4.57. The highest BCUT2D eigenvalue weighted by Gasteiger charge is 2.02.